The molecule has 0 aliphatic carbocycles. The van der Waals surface area contributed by atoms with Crippen molar-refractivity contribution in [3.63, 3.8) is 0 Å². The van der Waals surface area contributed by atoms with Gasteiger partial charge in [0.25, 0.3) is 0 Å². The lowest BCUT2D eigenvalue weighted by Crippen LogP contribution is -1.99. The standard InChI is InChI=1S/C21H28O4/c1-16-14-18(8-10-20(16)22)24-12-6-4-3-5-7-13-25-19-9-11-21(23)17(2)15-19/h8-11,14-15,22-23H,3-7,12-13H2,1-2H3. The average Bonchev–Trinajstić information content (AvgIpc) is 2.59. The van der Waals surface area contributed by atoms with Gasteiger partial charge in [-0.25, -0.2) is 0 Å². The smallest absolute Gasteiger partial charge is 0.119 e. The van der Waals surface area contributed by atoms with Crippen molar-refractivity contribution in [1.82, 2.24) is 0 Å². The number of hydrogen-bond acceptors (Lipinski definition) is 4. The molecule has 2 N–H and O–H groups in total. The topological polar surface area (TPSA) is 58.9 Å². The highest BCUT2D eigenvalue weighted by Crippen LogP contribution is 2.23. The summed E-state index contributed by atoms with van der Waals surface area (Å²) in [6.45, 7) is 5.13. The van der Waals surface area contributed by atoms with Crippen LogP contribution >= 0.6 is 0 Å². The summed E-state index contributed by atoms with van der Waals surface area (Å²) >= 11 is 0. The molecule has 0 spiro atoms. The van der Waals surface area contributed by atoms with E-state index in [0.29, 0.717) is 24.7 Å². The van der Waals surface area contributed by atoms with Crippen LogP contribution in [-0.4, -0.2) is 23.4 Å². The minimum absolute atomic E-state index is 0.303. The van der Waals surface area contributed by atoms with E-state index in [1.54, 1.807) is 24.3 Å². The molecule has 0 radical (unpaired) electrons. The highest BCUT2D eigenvalue weighted by atomic mass is 16.5. The number of unbranched alkanes of at least 4 members (excludes halogenated alkanes) is 4. The van der Waals surface area contributed by atoms with Crippen LogP contribution in [0.1, 0.15) is 43.2 Å². The summed E-state index contributed by atoms with van der Waals surface area (Å²) in [5.74, 6) is 2.23. The summed E-state index contributed by atoms with van der Waals surface area (Å²) in [5, 5.41) is 19.0. The molecular weight excluding hydrogens is 316 g/mol. The van der Waals surface area contributed by atoms with Crippen LogP contribution in [0, 0.1) is 13.8 Å². The van der Waals surface area contributed by atoms with Crippen LogP contribution < -0.4 is 9.47 Å². The first kappa shape index (κ1) is 19.0. The van der Waals surface area contributed by atoms with Crippen LogP contribution in [0.5, 0.6) is 23.0 Å². The van der Waals surface area contributed by atoms with E-state index >= 15 is 0 Å². The van der Waals surface area contributed by atoms with Gasteiger partial charge in [-0.2, -0.15) is 0 Å². The number of aryl methyl sites for hydroxylation is 2. The molecule has 0 saturated carbocycles. The monoisotopic (exact) mass is 344 g/mol. The summed E-state index contributed by atoms with van der Waals surface area (Å²) < 4.78 is 11.4. The van der Waals surface area contributed by atoms with Gasteiger partial charge in [0.05, 0.1) is 13.2 Å². The van der Waals surface area contributed by atoms with Gasteiger partial charge in [-0.15, -0.1) is 0 Å². The molecular formula is C21H28O4. The van der Waals surface area contributed by atoms with Gasteiger partial charge < -0.3 is 19.7 Å². The Bertz CT molecular complexity index is 609. The minimum atomic E-state index is 0.303. The van der Waals surface area contributed by atoms with E-state index in [4.69, 9.17) is 9.47 Å². The lowest BCUT2D eigenvalue weighted by Gasteiger charge is -2.09. The van der Waals surface area contributed by atoms with Gasteiger partial charge in [0.2, 0.25) is 0 Å². The third-order valence-electron chi connectivity index (χ3n) is 4.16. The molecule has 0 aliphatic heterocycles. The number of phenolic OH excluding ortho intramolecular Hbond substituents is 2. The number of aromatic hydroxyl groups is 2. The molecule has 0 heterocycles. The van der Waals surface area contributed by atoms with Crippen LogP contribution in [0.2, 0.25) is 0 Å². The fraction of sp³-hybridized carbons (Fsp3) is 0.429. The number of hydrogen-bond donors (Lipinski definition) is 2. The molecule has 0 aliphatic rings. The third-order valence-corrected chi connectivity index (χ3v) is 4.16. The van der Waals surface area contributed by atoms with Crippen LogP contribution in [0.15, 0.2) is 36.4 Å². The average molecular weight is 344 g/mol. The molecule has 0 aromatic heterocycles. The molecule has 2 rings (SSSR count). The molecule has 0 atom stereocenters. The maximum absolute atomic E-state index is 9.48. The predicted octanol–water partition coefficient (Wildman–Crippen LogP) is 5.12. The van der Waals surface area contributed by atoms with Gasteiger partial charge in [-0.3, -0.25) is 0 Å². The minimum Gasteiger partial charge on any atom is -0.508 e. The van der Waals surface area contributed by atoms with Crippen LogP contribution in [0.4, 0.5) is 0 Å². The molecule has 25 heavy (non-hydrogen) atoms. The van der Waals surface area contributed by atoms with E-state index in [-0.39, 0.29) is 0 Å². The maximum atomic E-state index is 9.48. The Kier molecular flexibility index (Phi) is 7.45. The zero-order valence-electron chi connectivity index (χ0n) is 15.1. The van der Waals surface area contributed by atoms with Gasteiger partial charge in [0, 0.05) is 0 Å². The van der Waals surface area contributed by atoms with E-state index in [9.17, 15) is 10.2 Å². The van der Waals surface area contributed by atoms with E-state index in [0.717, 1.165) is 54.7 Å². The van der Waals surface area contributed by atoms with Gasteiger partial charge in [-0.1, -0.05) is 19.3 Å². The summed E-state index contributed by atoms with van der Waals surface area (Å²) in [4.78, 5) is 0. The fourth-order valence-corrected chi connectivity index (χ4v) is 2.55. The quantitative estimate of drug-likeness (QED) is 0.587. The van der Waals surface area contributed by atoms with Crippen molar-refractivity contribution in [2.45, 2.75) is 46.0 Å². The Balaban J connectivity index is 1.49. The second-order valence-corrected chi connectivity index (χ2v) is 6.36. The highest BCUT2D eigenvalue weighted by molar-refractivity contribution is 5.38. The first-order valence-electron chi connectivity index (χ1n) is 8.91. The number of phenols is 2. The Morgan fingerprint density at radius 1 is 0.640 bits per heavy atom. The predicted molar refractivity (Wildman–Crippen MR) is 99.8 cm³/mol. The first-order chi connectivity index (χ1) is 12.1. The zero-order valence-corrected chi connectivity index (χ0v) is 15.1. The molecule has 136 valence electrons. The second kappa shape index (κ2) is 9.82. The van der Waals surface area contributed by atoms with Crippen LogP contribution in [0.25, 0.3) is 0 Å². The SMILES string of the molecule is Cc1cc(OCCCCCCCOc2ccc(O)c(C)c2)ccc1O. The molecule has 0 unspecified atom stereocenters. The number of rotatable bonds is 10. The van der Waals surface area contributed by atoms with Gasteiger partial charge in [-0.05, 0) is 74.2 Å². The Morgan fingerprint density at radius 3 is 1.44 bits per heavy atom. The van der Waals surface area contributed by atoms with Crippen LogP contribution in [-0.2, 0) is 0 Å². The normalized spacial score (nSPS) is 10.6. The van der Waals surface area contributed by atoms with Crippen molar-refractivity contribution in [1.29, 1.82) is 0 Å². The molecule has 0 amide bonds. The lowest BCUT2D eigenvalue weighted by atomic mass is 10.1. The van der Waals surface area contributed by atoms with E-state index in [2.05, 4.69) is 0 Å². The van der Waals surface area contributed by atoms with Gasteiger partial charge >= 0.3 is 0 Å². The number of benzene rings is 2. The second-order valence-electron chi connectivity index (χ2n) is 6.36. The van der Waals surface area contributed by atoms with Crippen molar-refractivity contribution in [2.24, 2.45) is 0 Å². The maximum Gasteiger partial charge on any atom is 0.119 e. The largest absolute Gasteiger partial charge is 0.508 e. The van der Waals surface area contributed by atoms with Gasteiger partial charge in [0.15, 0.2) is 0 Å². The molecule has 0 saturated heterocycles. The Hall–Kier alpha value is -2.36. The van der Waals surface area contributed by atoms with Gasteiger partial charge in [0.1, 0.15) is 23.0 Å². The van der Waals surface area contributed by atoms with E-state index in [1.807, 2.05) is 26.0 Å². The van der Waals surface area contributed by atoms with E-state index in [1.165, 1.54) is 0 Å². The highest BCUT2D eigenvalue weighted by Gasteiger charge is 2.00. The van der Waals surface area contributed by atoms with E-state index < -0.39 is 0 Å². The summed E-state index contributed by atoms with van der Waals surface area (Å²) in [6, 6.07) is 10.6. The summed E-state index contributed by atoms with van der Waals surface area (Å²) in [5.41, 5.74) is 1.67. The molecule has 4 heteroatoms. The summed E-state index contributed by atoms with van der Waals surface area (Å²) in [7, 11) is 0. The van der Waals surface area contributed by atoms with Crippen molar-refractivity contribution < 1.29 is 19.7 Å². The molecule has 4 nitrogen and oxygen atoms in total. The van der Waals surface area contributed by atoms with Crippen molar-refractivity contribution in [3.05, 3.63) is 47.5 Å². The van der Waals surface area contributed by atoms with Crippen LogP contribution in [0.3, 0.4) is 0 Å². The van der Waals surface area contributed by atoms with Crippen molar-refractivity contribution in [3.8, 4) is 23.0 Å². The van der Waals surface area contributed by atoms with Crippen molar-refractivity contribution in [2.75, 3.05) is 13.2 Å². The molecule has 0 fully saturated rings. The zero-order chi connectivity index (χ0) is 18.1. The molecule has 2 aromatic carbocycles. The molecule has 0 bridgehead atoms. The Morgan fingerprint density at radius 2 is 1.04 bits per heavy atom. The third kappa shape index (κ3) is 6.57. The first-order valence-corrected chi connectivity index (χ1v) is 8.91. The lowest BCUT2D eigenvalue weighted by molar-refractivity contribution is 0.293. The fourth-order valence-electron chi connectivity index (χ4n) is 2.55. The number of ether oxygens (including phenoxy) is 2. The molecule has 2 aromatic rings. The summed E-state index contributed by atoms with van der Waals surface area (Å²) in [6.07, 6.45) is 5.48. The van der Waals surface area contributed by atoms with Crippen molar-refractivity contribution >= 4 is 0 Å². The Labute approximate surface area is 150 Å².